The van der Waals surface area contributed by atoms with E-state index in [0.29, 0.717) is 16.7 Å². The van der Waals surface area contributed by atoms with Crippen molar-refractivity contribution in [3.63, 3.8) is 0 Å². The third kappa shape index (κ3) is 4.27. The zero-order chi connectivity index (χ0) is 18.5. The minimum Gasteiger partial charge on any atom is -0.495 e. The molecule has 0 aromatic carbocycles. The molecule has 2 aromatic rings. The Morgan fingerprint density at radius 1 is 1.31 bits per heavy atom. The molecule has 26 heavy (non-hydrogen) atoms. The number of hydrogen-bond donors (Lipinski definition) is 1. The molecule has 0 bridgehead atoms. The molecule has 1 fully saturated rings. The van der Waals surface area contributed by atoms with Crippen LogP contribution in [0.15, 0.2) is 29.8 Å². The lowest BCUT2D eigenvalue weighted by Crippen LogP contribution is -2.32. The highest BCUT2D eigenvalue weighted by Gasteiger charge is 2.24. The molecule has 1 N–H and O–H groups in total. The summed E-state index contributed by atoms with van der Waals surface area (Å²) < 4.78 is 5.30. The Labute approximate surface area is 158 Å². The van der Waals surface area contributed by atoms with Crippen molar-refractivity contribution in [2.24, 2.45) is 0 Å². The zero-order valence-corrected chi connectivity index (χ0v) is 16.4. The first-order chi connectivity index (χ1) is 12.6. The molecule has 6 nitrogen and oxygen atoms in total. The summed E-state index contributed by atoms with van der Waals surface area (Å²) in [7, 11) is 5.57. The minimum atomic E-state index is 0.0782. The second kappa shape index (κ2) is 8.40. The van der Waals surface area contributed by atoms with Gasteiger partial charge in [-0.15, -0.1) is 11.3 Å². The van der Waals surface area contributed by atoms with E-state index >= 15 is 0 Å². The van der Waals surface area contributed by atoms with Crippen molar-refractivity contribution in [2.45, 2.75) is 25.3 Å². The fraction of sp³-hybridized carbons (Fsp3) is 0.474. The molecule has 3 rings (SSSR count). The second-order valence-electron chi connectivity index (χ2n) is 6.68. The van der Waals surface area contributed by atoms with Crippen LogP contribution in [-0.4, -0.2) is 56.1 Å². The number of carbonyl (C=O) groups excluding carboxylic acids is 1. The first-order valence-corrected chi connectivity index (χ1v) is 9.77. The third-order valence-corrected chi connectivity index (χ3v) is 5.52. The van der Waals surface area contributed by atoms with Gasteiger partial charge in [-0.2, -0.15) is 0 Å². The number of carbonyl (C=O) groups is 1. The van der Waals surface area contributed by atoms with Crippen LogP contribution in [0.5, 0.6) is 5.75 Å². The lowest BCUT2D eigenvalue weighted by molar-refractivity contribution is 0.0763. The molecule has 140 valence electrons. The first-order valence-electron chi connectivity index (χ1n) is 8.89. The highest BCUT2D eigenvalue weighted by molar-refractivity contribution is 7.12. The van der Waals surface area contributed by atoms with Gasteiger partial charge >= 0.3 is 0 Å². The minimum absolute atomic E-state index is 0.0782. The van der Waals surface area contributed by atoms with E-state index in [1.165, 1.54) is 11.3 Å². The molecule has 1 atom stereocenters. The van der Waals surface area contributed by atoms with Gasteiger partial charge in [0.2, 0.25) is 0 Å². The molecule has 0 radical (unpaired) electrons. The number of rotatable bonds is 5. The van der Waals surface area contributed by atoms with Crippen molar-refractivity contribution in [2.75, 3.05) is 44.5 Å². The number of likely N-dealkylation sites (tertiary alicyclic amines) is 1. The number of methoxy groups -OCH3 is 1. The molecule has 1 amide bonds. The molecule has 7 heteroatoms. The van der Waals surface area contributed by atoms with E-state index in [2.05, 4.69) is 16.4 Å². The maximum atomic E-state index is 12.8. The summed E-state index contributed by atoms with van der Waals surface area (Å²) in [5, 5.41) is 5.46. The van der Waals surface area contributed by atoms with Gasteiger partial charge in [-0.1, -0.05) is 0 Å². The zero-order valence-electron chi connectivity index (χ0n) is 15.6. The van der Waals surface area contributed by atoms with Gasteiger partial charge in [0.15, 0.2) is 0 Å². The van der Waals surface area contributed by atoms with Crippen molar-refractivity contribution in [3.05, 3.63) is 34.7 Å². The number of pyridine rings is 1. The molecular formula is C19H26N4O2S. The summed E-state index contributed by atoms with van der Waals surface area (Å²) in [6.45, 7) is 1.54. The van der Waals surface area contributed by atoms with Gasteiger partial charge < -0.3 is 19.9 Å². The second-order valence-corrected chi connectivity index (χ2v) is 7.60. The average Bonchev–Trinajstić information content (AvgIpc) is 3.01. The van der Waals surface area contributed by atoms with Crippen molar-refractivity contribution in [1.29, 1.82) is 0 Å². The summed E-state index contributed by atoms with van der Waals surface area (Å²) in [6, 6.07) is 6.28. The number of nitrogens with one attached hydrogen (secondary N) is 1. The average molecular weight is 375 g/mol. The van der Waals surface area contributed by atoms with Crippen LogP contribution >= 0.6 is 11.3 Å². The van der Waals surface area contributed by atoms with Crippen LogP contribution in [0, 0.1) is 0 Å². The summed E-state index contributed by atoms with van der Waals surface area (Å²) in [5.74, 6) is 1.69. The van der Waals surface area contributed by atoms with E-state index in [-0.39, 0.29) is 5.91 Å². The van der Waals surface area contributed by atoms with Gasteiger partial charge in [0.1, 0.15) is 16.4 Å². The summed E-state index contributed by atoms with van der Waals surface area (Å²) in [5.41, 5.74) is 1.03. The third-order valence-electron chi connectivity index (χ3n) is 4.64. The maximum Gasteiger partial charge on any atom is 0.267 e. The number of nitrogens with zero attached hydrogens (tertiary/aromatic N) is 3. The Balaban J connectivity index is 1.58. The molecule has 1 aliphatic heterocycles. The van der Waals surface area contributed by atoms with Crippen molar-refractivity contribution < 1.29 is 9.53 Å². The molecular weight excluding hydrogens is 348 g/mol. The molecule has 2 aromatic heterocycles. The standard InChI is InChI=1S/C19H26N4O2S/c1-22(2)17-7-6-15(13-20-17)21-14-5-4-10-23(11-8-14)19(24)18-16(25-3)9-12-26-18/h6-7,9,12-14,21H,4-5,8,10-11H2,1-3H3. The molecule has 1 unspecified atom stereocenters. The van der Waals surface area contributed by atoms with E-state index in [1.54, 1.807) is 7.11 Å². The van der Waals surface area contributed by atoms with Crippen molar-refractivity contribution in [1.82, 2.24) is 9.88 Å². The number of amides is 1. The van der Waals surface area contributed by atoms with E-state index in [0.717, 1.165) is 43.9 Å². The van der Waals surface area contributed by atoms with Gasteiger partial charge in [0, 0.05) is 33.2 Å². The Kier molecular flexibility index (Phi) is 5.98. The predicted octanol–water partition coefficient (Wildman–Crippen LogP) is 3.32. The first kappa shape index (κ1) is 18.5. The summed E-state index contributed by atoms with van der Waals surface area (Å²) >= 11 is 1.45. The van der Waals surface area contributed by atoms with Crippen LogP contribution in [0.2, 0.25) is 0 Å². The topological polar surface area (TPSA) is 57.7 Å². The lowest BCUT2D eigenvalue weighted by Gasteiger charge is -2.21. The molecule has 0 aliphatic carbocycles. The van der Waals surface area contributed by atoms with Crippen LogP contribution in [0.25, 0.3) is 0 Å². The van der Waals surface area contributed by atoms with Crippen LogP contribution in [0.4, 0.5) is 11.5 Å². The Morgan fingerprint density at radius 3 is 2.85 bits per heavy atom. The van der Waals surface area contributed by atoms with Gasteiger partial charge in [-0.05, 0) is 42.8 Å². The van der Waals surface area contributed by atoms with Crippen molar-refractivity contribution in [3.8, 4) is 5.75 Å². The summed E-state index contributed by atoms with van der Waals surface area (Å²) in [6.07, 6.45) is 4.83. The SMILES string of the molecule is COc1ccsc1C(=O)N1CCCC(Nc2ccc(N(C)C)nc2)CC1. The highest BCUT2D eigenvalue weighted by atomic mass is 32.1. The Hall–Kier alpha value is -2.28. The van der Waals surface area contributed by atoms with Crippen LogP contribution in [-0.2, 0) is 0 Å². The van der Waals surface area contributed by atoms with Gasteiger partial charge in [0.25, 0.3) is 5.91 Å². The number of anilines is 2. The number of aromatic nitrogens is 1. The van der Waals surface area contributed by atoms with E-state index in [9.17, 15) is 4.79 Å². The number of thiophene rings is 1. The maximum absolute atomic E-state index is 12.8. The highest BCUT2D eigenvalue weighted by Crippen LogP contribution is 2.27. The molecule has 0 saturated carbocycles. The predicted molar refractivity (Wildman–Crippen MR) is 107 cm³/mol. The summed E-state index contributed by atoms with van der Waals surface area (Å²) in [4.78, 5) is 21.9. The lowest BCUT2D eigenvalue weighted by atomic mass is 10.1. The largest absolute Gasteiger partial charge is 0.495 e. The van der Waals surface area contributed by atoms with Crippen LogP contribution < -0.4 is 15.0 Å². The fourth-order valence-corrected chi connectivity index (χ4v) is 4.00. The smallest absolute Gasteiger partial charge is 0.267 e. The van der Waals surface area contributed by atoms with Crippen LogP contribution in [0.3, 0.4) is 0 Å². The van der Waals surface area contributed by atoms with Gasteiger partial charge in [0.05, 0.1) is 19.0 Å². The normalized spacial score (nSPS) is 17.5. The fourth-order valence-electron chi connectivity index (χ4n) is 3.17. The molecule has 1 aliphatic rings. The quantitative estimate of drug-likeness (QED) is 0.870. The van der Waals surface area contributed by atoms with E-state index < -0.39 is 0 Å². The van der Waals surface area contributed by atoms with Crippen LogP contribution in [0.1, 0.15) is 28.9 Å². The molecule has 0 spiro atoms. The van der Waals surface area contributed by atoms with E-state index in [1.807, 2.05) is 47.6 Å². The van der Waals surface area contributed by atoms with Gasteiger partial charge in [-0.3, -0.25) is 4.79 Å². The van der Waals surface area contributed by atoms with Crippen molar-refractivity contribution >= 4 is 28.7 Å². The Morgan fingerprint density at radius 2 is 2.15 bits per heavy atom. The number of ether oxygens (including phenoxy) is 1. The van der Waals surface area contributed by atoms with Gasteiger partial charge in [-0.25, -0.2) is 4.98 Å². The number of hydrogen-bond acceptors (Lipinski definition) is 6. The monoisotopic (exact) mass is 374 g/mol. The molecule has 1 saturated heterocycles. The van der Waals surface area contributed by atoms with E-state index in [4.69, 9.17) is 4.74 Å². The molecule has 3 heterocycles. The Bertz CT molecular complexity index is 729.